The summed E-state index contributed by atoms with van der Waals surface area (Å²) < 4.78 is 6.33. The van der Waals surface area contributed by atoms with Gasteiger partial charge in [0.15, 0.2) is 0 Å². The average Bonchev–Trinajstić information content (AvgIpc) is 2.22. The van der Waals surface area contributed by atoms with Crippen LogP contribution in [0.2, 0.25) is 0 Å². The number of aromatic nitrogens is 2. The second-order valence-electron chi connectivity index (χ2n) is 4.02. The summed E-state index contributed by atoms with van der Waals surface area (Å²) in [7, 11) is 1.75. The fourth-order valence-electron chi connectivity index (χ4n) is 1.77. The molecule has 16 heavy (non-hydrogen) atoms. The molecule has 1 heterocycles. The topological polar surface area (TPSA) is 73.1 Å². The number of ether oxygens (including phenoxy) is 1. The number of rotatable bonds is 4. The molecule has 0 bridgehead atoms. The van der Waals surface area contributed by atoms with Crippen molar-refractivity contribution in [3.8, 4) is 0 Å². The van der Waals surface area contributed by atoms with Gasteiger partial charge in [0.25, 0.3) is 0 Å². The summed E-state index contributed by atoms with van der Waals surface area (Å²) in [6.45, 7) is 0.749. The highest BCUT2D eigenvalue weighted by molar-refractivity contribution is 9.10. The number of methoxy groups -OCH3 is 1. The van der Waals surface area contributed by atoms with Gasteiger partial charge in [-0.05, 0) is 35.2 Å². The fourth-order valence-corrected chi connectivity index (χ4v) is 2.10. The van der Waals surface area contributed by atoms with Crippen molar-refractivity contribution in [2.45, 2.75) is 24.9 Å². The summed E-state index contributed by atoms with van der Waals surface area (Å²) in [5.41, 5.74) is 5.50. The second-order valence-corrected chi connectivity index (χ2v) is 4.87. The molecule has 1 saturated carbocycles. The quantitative estimate of drug-likeness (QED) is 0.883. The van der Waals surface area contributed by atoms with Gasteiger partial charge in [0.1, 0.15) is 5.82 Å². The molecule has 1 aromatic heterocycles. The standard InChI is InChI=1S/C10H15BrN4O/c1-16-10(3-2-4-10)6-14-8-7(11)5-13-9(12)15-8/h5H,2-4,6H2,1H3,(H3,12,13,14,15). The molecular weight excluding hydrogens is 272 g/mol. The first-order valence-corrected chi connectivity index (χ1v) is 6.01. The van der Waals surface area contributed by atoms with Crippen LogP contribution in [0.3, 0.4) is 0 Å². The second kappa shape index (κ2) is 4.55. The maximum atomic E-state index is 5.53. The van der Waals surface area contributed by atoms with E-state index in [2.05, 4.69) is 31.2 Å². The molecule has 3 N–H and O–H groups in total. The van der Waals surface area contributed by atoms with Crippen LogP contribution >= 0.6 is 15.9 Å². The van der Waals surface area contributed by atoms with E-state index in [1.165, 1.54) is 6.42 Å². The Morgan fingerprint density at radius 2 is 2.38 bits per heavy atom. The van der Waals surface area contributed by atoms with Crippen LogP contribution in [0.15, 0.2) is 10.7 Å². The molecule has 0 radical (unpaired) electrons. The van der Waals surface area contributed by atoms with Crippen LogP contribution < -0.4 is 11.1 Å². The number of nitrogen functional groups attached to an aromatic ring is 1. The number of hydrogen-bond donors (Lipinski definition) is 2. The third kappa shape index (κ3) is 2.27. The van der Waals surface area contributed by atoms with Gasteiger partial charge >= 0.3 is 0 Å². The van der Waals surface area contributed by atoms with Crippen LogP contribution in [0.1, 0.15) is 19.3 Å². The van der Waals surface area contributed by atoms with Gasteiger partial charge in [-0.3, -0.25) is 0 Å². The molecule has 1 aromatic rings. The van der Waals surface area contributed by atoms with Gasteiger partial charge in [-0.15, -0.1) is 0 Å². The van der Waals surface area contributed by atoms with E-state index >= 15 is 0 Å². The van der Waals surface area contributed by atoms with Crippen molar-refractivity contribution < 1.29 is 4.74 Å². The van der Waals surface area contributed by atoms with E-state index in [1.54, 1.807) is 13.3 Å². The molecular formula is C10H15BrN4O. The zero-order valence-corrected chi connectivity index (χ0v) is 10.7. The van der Waals surface area contributed by atoms with E-state index in [0.717, 1.165) is 29.7 Å². The van der Waals surface area contributed by atoms with Crippen LogP contribution in [0, 0.1) is 0 Å². The van der Waals surface area contributed by atoms with Gasteiger partial charge in [0.05, 0.1) is 10.1 Å². The van der Waals surface area contributed by atoms with Gasteiger partial charge in [-0.2, -0.15) is 4.98 Å². The van der Waals surface area contributed by atoms with E-state index in [4.69, 9.17) is 10.5 Å². The van der Waals surface area contributed by atoms with Crippen molar-refractivity contribution >= 4 is 27.7 Å². The number of anilines is 2. The van der Waals surface area contributed by atoms with Crippen LogP contribution in [0.25, 0.3) is 0 Å². The minimum atomic E-state index is -0.0286. The highest BCUT2D eigenvalue weighted by Crippen LogP contribution is 2.35. The van der Waals surface area contributed by atoms with Crippen molar-refractivity contribution in [3.63, 3.8) is 0 Å². The van der Waals surface area contributed by atoms with Crippen LogP contribution in [-0.2, 0) is 4.74 Å². The molecule has 0 aromatic carbocycles. The van der Waals surface area contributed by atoms with Gasteiger partial charge in [0.2, 0.25) is 5.95 Å². The first-order valence-electron chi connectivity index (χ1n) is 5.22. The van der Waals surface area contributed by atoms with Crippen LogP contribution in [0.4, 0.5) is 11.8 Å². The minimum Gasteiger partial charge on any atom is -0.376 e. The minimum absolute atomic E-state index is 0.0286. The van der Waals surface area contributed by atoms with Gasteiger partial charge in [0, 0.05) is 19.9 Å². The highest BCUT2D eigenvalue weighted by Gasteiger charge is 2.36. The average molecular weight is 287 g/mol. The van der Waals surface area contributed by atoms with E-state index in [1.807, 2.05) is 0 Å². The SMILES string of the molecule is COC1(CNc2nc(N)ncc2Br)CCC1. The predicted octanol–water partition coefficient (Wildman–Crippen LogP) is 1.80. The Bertz CT molecular complexity index is 376. The lowest BCUT2D eigenvalue weighted by Gasteiger charge is -2.40. The zero-order valence-electron chi connectivity index (χ0n) is 9.16. The van der Waals surface area contributed by atoms with Crippen molar-refractivity contribution in [2.75, 3.05) is 24.7 Å². The zero-order chi connectivity index (χ0) is 11.6. The predicted molar refractivity (Wildman–Crippen MR) is 66.2 cm³/mol. The molecule has 0 amide bonds. The molecule has 1 aliphatic carbocycles. The van der Waals surface area contributed by atoms with Crippen LogP contribution in [0.5, 0.6) is 0 Å². The molecule has 5 nitrogen and oxygen atoms in total. The molecule has 0 unspecified atom stereocenters. The van der Waals surface area contributed by atoms with Crippen molar-refractivity contribution in [3.05, 3.63) is 10.7 Å². The Morgan fingerprint density at radius 3 is 2.94 bits per heavy atom. The Morgan fingerprint density at radius 1 is 1.62 bits per heavy atom. The summed E-state index contributed by atoms with van der Waals surface area (Å²) >= 11 is 3.38. The number of nitrogens with two attached hydrogens (primary N) is 1. The molecule has 88 valence electrons. The normalized spacial score (nSPS) is 17.9. The van der Waals surface area contributed by atoms with E-state index in [-0.39, 0.29) is 11.5 Å². The Kier molecular flexibility index (Phi) is 3.30. The number of halogens is 1. The summed E-state index contributed by atoms with van der Waals surface area (Å²) in [5.74, 6) is 0.988. The molecule has 0 atom stereocenters. The highest BCUT2D eigenvalue weighted by atomic mass is 79.9. The Hall–Kier alpha value is -0.880. The Labute approximate surface area is 103 Å². The summed E-state index contributed by atoms with van der Waals surface area (Å²) in [6, 6.07) is 0. The molecule has 0 spiro atoms. The summed E-state index contributed by atoms with van der Waals surface area (Å²) in [5, 5.41) is 3.24. The van der Waals surface area contributed by atoms with Gasteiger partial charge in [-0.1, -0.05) is 0 Å². The molecule has 1 fully saturated rings. The summed E-state index contributed by atoms with van der Waals surface area (Å²) in [4.78, 5) is 8.01. The molecule has 6 heteroatoms. The maximum Gasteiger partial charge on any atom is 0.221 e. The lowest BCUT2D eigenvalue weighted by molar-refractivity contribution is -0.0601. The molecule has 0 saturated heterocycles. The fraction of sp³-hybridized carbons (Fsp3) is 0.600. The van der Waals surface area contributed by atoms with E-state index in [9.17, 15) is 0 Å². The lowest BCUT2D eigenvalue weighted by Crippen LogP contribution is -2.45. The number of hydrogen-bond acceptors (Lipinski definition) is 5. The largest absolute Gasteiger partial charge is 0.376 e. The van der Waals surface area contributed by atoms with Gasteiger partial charge < -0.3 is 15.8 Å². The van der Waals surface area contributed by atoms with Crippen LogP contribution in [-0.4, -0.2) is 29.2 Å². The van der Waals surface area contributed by atoms with Gasteiger partial charge in [-0.25, -0.2) is 4.98 Å². The number of nitrogens with zero attached hydrogens (tertiary/aromatic N) is 2. The molecule has 2 rings (SSSR count). The first kappa shape index (κ1) is 11.6. The summed E-state index contributed by atoms with van der Waals surface area (Å²) in [6.07, 6.45) is 5.05. The van der Waals surface area contributed by atoms with Crippen molar-refractivity contribution in [1.82, 2.24) is 9.97 Å². The van der Waals surface area contributed by atoms with E-state index in [0.29, 0.717) is 0 Å². The van der Waals surface area contributed by atoms with Crippen molar-refractivity contribution in [1.29, 1.82) is 0 Å². The third-order valence-electron chi connectivity index (χ3n) is 3.04. The molecule has 1 aliphatic rings. The monoisotopic (exact) mass is 286 g/mol. The molecule has 0 aliphatic heterocycles. The lowest BCUT2D eigenvalue weighted by atomic mass is 9.80. The Balaban J connectivity index is 2.01. The van der Waals surface area contributed by atoms with Crippen molar-refractivity contribution in [2.24, 2.45) is 0 Å². The third-order valence-corrected chi connectivity index (χ3v) is 3.62. The smallest absolute Gasteiger partial charge is 0.221 e. The number of nitrogens with one attached hydrogen (secondary N) is 1. The first-order chi connectivity index (χ1) is 7.65. The van der Waals surface area contributed by atoms with E-state index < -0.39 is 0 Å². The maximum absolute atomic E-state index is 5.53.